The molecule has 7 heteroatoms. The molecule has 0 aromatic carbocycles. The maximum atomic E-state index is 11.4. The van der Waals surface area contributed by atoms with Crippen LogP contribution in [0.25, 0.3) is 0 Å². The Morgan fingerprint density at radius 1 is 1.50 bits per heavy atom. The summed E-state index contributed by atoms with van der Waals surface area (Å²) in [5.41, 5.74) is 0. The number of carbonyl (C=O) groups is 1. The first-order valence-corrected chi connectivity index (χ1v) is 5.63. The highest BCUT2D eigenvalue weighted by molar-refractivity contribution is 7.86. The van der Waals surface area contributed by atoms with Gasteiger partial charge in [-0.15, -0.1) is 0 Å². The number of hydrogen-bond donors (Lipinski definition) is 1. The number of rotatable bonds is 4. The van der Waals surface area contributed by atoms with Crippen LogP contribution in [0.15, 0.2) is 0 Å². The molecule has 1 aliphatic rings. The van der Waals surface area contributed by atoms with Gasteiger partial charge in [-0.3, -0.25) is 4.79 Å². The van der Waals surface area contributed by atoms with Crippen LogP contribution in [0, 0.1) is 5.92 Å². The van der Waals surface area contributed by atoms with Crippen molar-refractivity contribution < 1.29 is 18.3 Å². The zero-order chi connectivity index (χ0) is 10.9. The van der Waals surface area contributed by atoms with Gasteiger partial charge in [0.25, 0.3) is 10.2 Å². The standard InChI is InChI=1S/C7H14N2O4S/c1-8(2)14(12,13)9-4-6(5-9)3-7(10)11/h6H,3-5H2,1-2H3,(H,10,11). The first-order chi connectivity index (χ1) is 6.34. The Kier molecular flexibility index (Phi) is 3.13. The molecule has 1 N–H and O–H groups in total. The lowest BCUT2D eigenvalue weighted by molar-refractivity contribution is -0.139. The molecule has 1 saturated heterocycles. The van der Waals surface area contributed by atoms with E-state index in [0.29, 0.717) is 13.1 Å². The fourth-order valence-electron chi connectivity index (χ4n) is 1.32. The van der Waals surface area contributed by atoms with Crippen LogP contribution in [0.2, 0.25) is 0 Å². The van der Waals surface area contributed by atoms with Gasteiger partial charge in [0.2, 0.25) is 0 Å². The molecule has 0 unspecified atom stereocenters. The normalized spacial score (nSPS) is 19.6. The van der Waals surface area contributed by atoms with Crippen LogP contribution >= 0.6 is 0 Å². The second-order valence-corrected chi connectivity index (χ2v) is 5.71. The van der Waals surface area contributed by atoms with Gasteiger partial charge in [0.05, 0.1) is 6.42 Å². The molecule has 1 aliphatic heterocycles. The van der Waals surface area contributed by atoms with Gasteiger partial charge in [0, 0.05) is 27.2 Å². The fraction of sp³-hybridized carbons (Fsp3) is 0.857. The minimum Gasteiger partial charge on any atom is -0.481 e. The Bertz CT molecular complexity index is 319. The van der Waals surface area contributed by atoms with Gasteiger partial charge in [-0.1, -0.05) is 0 Å². The van der Waals surface area contributed by atoms with Gasteiger partial charge in [0.15, 0.2) is 0 Å². The molecular weight excluding hydrogens is 208 g/mol. The number of carboxylic acids is 1. The maximum Gasteiger partial charge on any atom is 0.303 e. The molecule has 6 nitrogen and oxygen atoms in total. The van der Waals surface area contributed by atoms with Crippen molar-refractivity contribution in [2.45, 2.75) is 6.42 Å². The van der Waals surface area contributed by atoms with E-state index < -0.39 is 16.2 Å². The summed E-state index contributed by atoms with van der Waals surface area (Å²) in [7, 11) is -0.419. The third-order valence-corrected chi connectivity index (χ3v) is 4.05. The molecule has 0 saturated carbocycles. The number of carboxylic acid groups (broad SMARTS) is 1. The Balaban J connectivity index is 2.45. The van der Waals surface area contributed by atoms with E-state index in [9.17, 15) is 13.2 Å². The predicted molar refractivity (Wildman–Crippen MR) is 49.9 cm³/mol. The van der Waals surface area contributed by atoms with Gasteiger partial charge >= 0.3 is 5.97 Å². The van der Waals surface area contributed by atoms with Crippen LogP contribution in [-0.2, 0) is 15.0 Å². The van der Waals surface area contributed by atoms with Crippen molar-refractivity contribution in [1.29, 1.82) is 0 Å². The van der Waals surface area contributed by atoms with E-state index in [0.717, 1.165) is 4.31 Å². The second kappa shape index (κ2) is 3.84. The lowest BCUT2D eigenvalue weighted by Crippen LogP contribution is -2.53. The summed E-state index contributed by atoms with van der Waals surface area (Å²) in [6.45, 7) is 0.625. The van der Waals surface area contributed by atoms with Crippen molar-refractivity contribution in [3.8, 4) is 0 Å². The van der Waals surface area contributed by atoms with Crippen LogP contribution in [0.4, 0.5) is 0 Å². The van der Waals surface area contributed by atoms with Crippen LogP contribution in [-0.4, -0.2) is 55.3 Å². The molecule has 0 atom stereocenters. The molecular formula is C7H14N2O4S. The van der Waals surface area contributed by atoms with Crippen molar-refractivity contribution in [2.75, 3.05) is 27.2 Å². The lowest BCUT2D eigenvalue weighted by atomic mass is 10.00. The molecule has 1 fully saturated rings. The van der Waals surface area contributed by atoms with E-state index in [1.807, 2.05) is 0 Å². The SMILES string of the molecule is CN(C)S(=O)(=O)N1CC(CC(=O)O)C1. The predicted octanol–water partition coefficient (Wildman–Crippen LogP) is -0.801. The van der Waals surface area contributed by atoms with Crippen LogP contribution < -0.4 is 0 Å². The average molecular weight is 222 g/mol. The Hall–Kier alpha value is -0.660. The zero-order valence-corrected chi connectivity index (χ0v) is 8.99. The Morgan fingerprint density at radius 3 is 2.36 bits per heavy atom. The van der Waals surface area contributed by atoms with Gasteiger partial charge < -0.3 is 5.11 Å². The lowest BCUT2D eigenvalue weighted by Gasteiger charge is -2.38. The van der Waals surface area contributed by atoms with Crippen LogP contribution in [0.5, 0.6) is 0 Å². The smallest absolute Gasteiger partial charge is 0.303 e. The first-order valence-electron chi connectivity index (χ1n) is 4.23. The third-order valence-electron chi connectivity index (χ3n) is 2.17. The Labute approximate surface area is 83.3 Å². The molecule has 0 aromatic rings. The number of aliphatic carboxylic acids is 1. The molecule has 0 aliphatic carbocycles. The molecule has 0 radical (unpaired) electrons. The Morgan fingerprint density at radius 2 is 2.00 bits per heavy atom. The van der Waals surface area contributed by atoms with E-state index in [2.05, 4.69) is 0 Å². The molecule has 0 bridgehead atoms. The van der Waals surface area contributed by atoms with Gasteiger partial charge in [-0.2, -0.15) is 17.0 Å². The van der Waals surface area contributed by atoms with E-state index in [1.165, 1.54) is 18.4 Å². The van der Waals surface area contributed by atoms with E-state index >= 15 is 0 Å². The number of hydrogen-bond acceptors (Lipinski definition) is 3. The molecule has 0 amide bonds. The van der Waals surface area contributed by atoms with Gasteiger partial charge in [-0.25, -0.2) is 0 Å². The van der Waals surface area contributed by atoms with Crippen molar-refractivity contribution in [3.63, 3.8) is 0 Å². The molecule has 1 rings (SSSR count). The minimum absolute atomic E-state index is 0.0396. The highest BCUT2D eigenvalue weighted by Crippen LogP contribution is 2.23. The highest BCUT2D eigenvalue weighted by Gasteiger charge is 2.37. The highest BCUT2D eigenvalue weighted by atomic mass is 32.2. The zero-order valence-electron chi connectivity index (χ0n) is 8.17. The summed E-state index contributed by atoms with van der Waals surface area (Å²) >= 11 is 0. The summed E-state index contributed by atoms with van der Waals surface area (Å²) < 4.78 is 25.3. The largest absolute Gasteiger partial charge is 0.481 e. The summed E-state index contributed by atoms with van der Waals surface area (Å²) in [4.78, 5) is 10.3. The van der Waals surface area contributed by atoms with E-state index in [1.54, 1.807) is 0 Å². The van der Waals surface area contributed by atoms with Crippen LogP contribution in [0.1, 0.15) is 6.42 Å². The van der Waals surface area contributed by atoms with Crippen molar-refractivity contribution >= 4 is 16.2 Å². The van der Waals surface area contributed by atoms with E-state index in [-0.39, 0.29) is 12.3 Å². The topological polar surface area (TPSA) is 77.9 Å². The van der Waals surface area contributed by atoms with Gasteiger partial charge in [-0.05, 0) is 5.92 Å². The van der Waals surface area contributed by atoms with Crippen molar-refractivity contribution in [3.05, 3.63) is 0 Å². The molecule has 14 heavy (non-hydrogen) atoms. The minimum atomic E-state index is -3.34. The third kappa shape index (κ3) is 2.23. The first kappa shape index (κ1) is 11.4. The summed E-state index contributed by atoms with van der Waals surface area (Å²) in [6, 6.07) is 0. The number of nitrogens with zero attached hydrogens (tertiary/aromatic N) is 2. The fourth-order valence-corrected chi connectivity index (χ4v) is 2.58. The quantitative estimate of drug-likeness (QED) is 0.675. The summed E-state index contributed by atoms with van der Waals surface area (Å²) in [5, 5.41) is 8.47. The van der Waals surface area contributed by atoms with Gasteiger partial charge in [0.1, 0.15) is 0 Å². The van der Waals surface area contributed by atoms with Crippen molar-refractivity contribution in [1.82, 2.24) is 8.61 Å². The second-order valence-electron chi connectivity index (χ2n) is 3.57. The maximum absolute atomic E-state index is 11.4. The van der Waals surface area contributed by atoms with Crippen molar-refractivity contribution in [2.24, 2.45) is 5.92 Å². The summed E-state index contributed by atoms with van der Waals surface area (Å²) in [5.74, 6) is -0.917. The van der Waals surface area contributed by atoms with Crippen LogP contribution in [0.3, 0.4) is 0 Å². The molecule has 0 aromatic heterocycles. The average Bonchev–Trinajstić information content (AvgIpc) is 1.94. The molecule has 0 spiro atoms. The molecule has 82 valence electrons. The summed E-state index contributed by atoms with van der Waals surface area (Å²) in [6.07, 6.45) is 0.0411. The van der Waals surface area contributed by atoms with E-state index in [4.69, 9.17) is 5.11 Å². The molecule has 1 heterocycles. The monoisotopic (exact) mass is 222 g/mol.